The molecule has 0 atom stereocenters. The van der Waals surface area contributed by atoms with Gasteiger partial charge in [-0.25, -0.2) is 4.39 Å². The number of nitrogens with zero attached hydrogens (tertiary/aromatic N) is 1. The molecule has 0 spiro atoms. The maximum Gasteiger partial charge on any atom is 0.416 e. The van der Waals surface area contributed by atoms with Gasteiger partial charge in [-0.1, -0.05) is 18.2 Å². The van der Waals surface area contributed by atoms with E-state index in [2.05, 4.69) is 20.9 Å². The molecule has 0 fully saturated rings. The second kappa shape index (κ2) is 11.5. The molecule has 0 radical (unpaired) electrons. The second-order valence-corrected chi connectivity index (χ2v) is 7.98. The first kappa shape index (κ1) is 27.7. The van der Waals surface area contributed by atoms with Crippen molar-refractivity contribution >= 4 is 35.8 Å². The quantitative estimate of drug-likeness (QED) is 0.210. The van der Waals surface area contributed by atoms with Crippen LogP contribution in [0.3, 0.4) is 0 Å². The monoisotopic (exact) mass is 566 g/mol. The molecule has 3 N–H and O–H groups in total. The molecule has 2 rings (SSSR count). The molecule has 0 aliphatic rings. The number of hydrogen-bond acceptors (Lipinski definition) is 2. The Labute approximate surface area is 202 Å². The summed E-state index contributed by atoms with van der Waals surface area (Å²) in [7, 11) is 1.48. The molecule has 0 aliphatic carbocycles. The summed E-state index contributed by atoms with van der Waals surface area (Å²) in [5.41, 5.74) is -0.210. The number of guanidine groups is 1. The van der Waals surface area contributed by atoms with Crippen LogP contribution < -0.4 is 16.0 Å². The molecule has 0 unspecified atom stereocenters. The van der Waals surface area contributed by atoms with Gasteiger partial charge in [-0.3, -0.25) is 9.79 Å². The number of hydrogen-bond donors (Lipinski definition) is 3. The van der Waals surface area contributed by atoms with Crippen molar-refractivity contribution in [2.24, 2.45) is 4.99 Å². The Morgan fingerprint density at radius 2 is 1.66 bits per heavy atom. The number of alkyl halides is 3. The van der Waals surface area contributed by atoms with E-state index >= 15 is 0 Å². The van der Waals surface area contributed by atoms with Crippen molar-refractivity contribution < 1.29 is 22.4 Å². The SMILES string of the molecule is CN=C(NCc1cccc(C(=O)NC(C)(C)C)c1)NCc1ccc(F)cc1C(F)(F)F.I. The Morgan fingerprint density at radius 1 is 1.00 bits per heavy atom. The first-order valence-corrected chi connectivity index (χ1v) is 9.60. The number of nitrogens with one attached hydrogen (secondary N) is 3. The lowest BCUT2D eigenvalue weighted by Crippen LogP contribution is -2.40. The highest BCUT2D eigenvalue weighted by molar-refractivity contribution is 14.0. The number of halogens is 5. The standard InChI is InChI=1S/C22H26F4N4O.HI/c1-21(2,3)30-19(31)15-7-5-6-14(10-15)12-28-20(27-4)29-13-16-8-9-17(23)11-18(16)22(24,25)26;/h5-11H,12-13H2,1-4H3,(H,30,31)(H2,27,28,29);1H. The summed E-state index contributed by atoms with van der Waals surface area (Å²) >= 11 is 0. The first-order chi connectivity index (χ1) is 14.4. The normalized spacial score (nSPS) is 12.1. The van der Waals surface area contributed by atoms with Gasteiger partial charge in [0.25, 0.3) is 5.91 Å². The summed E-state index contributed by atoms with van der Waals surface area (Å²) in [5.74, 6) is -0.885. The maximum absolute atomic E-state index is 13.2. The van der Waals surface area contributed by atoms with Gasteiger partial charge >= 0.3 is 6.18 Å². The summed E-state index contributed by atoms with van der Waals surface area (Å²) < 4.78 is 52.7. The average molecular weight is 566 g/mol. The number of benzene rings is 2. The highest BCUT2D eigenvalue weighted by Crippen LogP contribution is 2.32. The molecule has 0 heterocycles. The van der Waals surface area contributed by atoms with Crippen molar-refractivity contribution in [3.05, 3.63) is 70.5 Å². The Balaban J connectivity index is 0.00000512. The molecule has 5 nitrogen and oxygen atoms in total. The van der Waals surface area contributed by atoms with E-state index in [1.165, 1.54) is 7.05 Å². The molecule has 0 saturated carbocycles. The Kier molecular flexibility index (Phi) is 9.93. The second-order valence-electron chi connectivity index (χ2n) is 7.98. The predicted molar refractivity (Wildman–Crippen MR) is 128 cm³/mol. The highest BCUT2D eigenvalue weighted by Gasteiger charge is 2.33. The van der Waals surface area contributed by atoms with Crippen LogP contribution in [-0.2, 0) is 19.3 Å². The largest absolute Gasteiger partial charge is 0.416 e. The van der Waals surface area contributed by atoms with Gasteiger partial charge in [-0.05, 0) is 56.2 Å². The molecule has 0 saturated heterocycles. The Hall–Kier alpha value is -2.37. The van der Waals surface area contributed by atoms with E-state index in [1.807, 2.05) is 26.8 Å². The molecule has 32 heavy (non-hydrogen) atoms. The van der Waals surface area contributed by atoms with Crippen molar-refractivity contribution in [3.8, 4) is 0 Å². The van der Waals surface area contributed by atoms with E-state index in [9.17, 15) is 22.4 Å². The number of carbonyl (C=O) groups excluding carboxylic acids is 1. The minimum atomic E-state index is -4.66. The molecule has 0 bridgehead atoms. The third kappa shape index (κ3) is 8.64. The maximum atomic E-state index is 13.2. The van der Waals surface area contributed by atoms with Crippen molar-refractivity contribution in [3.63, 3.8) is 0 Å². The highest BCUT2D eigenvalue weighted by atomic mass is 127. The zero-order chi connectivity index (χ0) is 23.2. The van der Waals surface area contributed by atoms with Gasteiger partial charge in [0, 0.05) is 31.2 Å². The number of amides is 1. The van der Waals surface area contributed by atoms with Crippen LogP contribution in [0.1, 0.15) is 47.8 Å². The summed E-state index contributed by atoms with van der Waals surface area (Å²) in [6.07, 6.45) is -4.66. The lowest BCUT2D eigenvalue weighted by molar-refractivity contribution is -0.138. The van der Waals surface area contributed by atoms with Crippen LogP contribution in [0.15, 0.2) is 47.5 Å². The lowest BCUT2D eigenvalue weighted by atomic mass is 10.1. The van der Waals surface area contributed by atoms with E-state index < -0.39 is 17.6 Å². The van der Waals surface area contributed by atoms with E-state index in [0.29, 0.717) is 18.2 Å². The molecule has 176 valence electrons. The van der Waals surface area contributed by atoms with Gasteiger partial charge in [0.1, 0.15) is 5.82 Å². The Morgan fingerprint density at radius 3 is 2.25 bits per heavy atom. The van der Waals surface area contributed by atoms with Gasteiger partial charge in [0.15, 0.2) is 5.96 Å². The fourth-order valence-electron chi connectivity index (χ4n) is 2.79. The van der Waals surface area contributed by atoms with Crippen molar-refractivity contribution in [1.29, 1.82) is 0 Å². The third-order valence-electron chi connectivity index (χ3n) is 4.18. The number of carbonyl (C=O) groups is 1. The van der Waals surface area contributed by atoms with Gasteiger partial charge in [0.05, 0.1) is 5.56 Å². The third-order valence-corrected chi connectivity index (χ3v) is 4.18. The van der Waals surface area contributed by atoms with E-state index in [4.69, 9.17) is 0 Å². The summed E-state index contributed by atoms with van der Waals surface area (Å²) in [6, 6.07) is 9.54. The molecule has 1 amide bonds. The lowest BCUT2D eigenvalue weighted by Gasteiger charge is -2.20. The molecule has 2 aromatic rings. The average Bonchev–Trinajstić information content (AvgIpc) is 2.67. The first-order valence-electron chi connectivity index (χ1n) is 9.60. The van der Waals surface area contributed by atoms with E-state index in [0.717, 1.165) is 17.7 Å². The van der Waals surface area contributed by atoms with Crippen LogP contribution in [0.25, 0.3) is 0 Å². The topological polar surface area (TPSA) is 65.5 Å². The van der Waals surface area contributed by atoms with Gasteiger partial charge in [-0.15, -0.1) is 24.0 Å². The van der Waals surface area contributed by atoms with Gasteiger partial charge < -0.3 is 16.0 Å². The minimum absolute atomic E-state index is 0. The van der Waals surface area contributed by atoms with Crippen LogP contribution in [0.5, 0.6) is 0 Å². The summed E-state index contributed by atoms with van der Waals surface area (Å²) in [6.45, 7) is 5.76. The fourth-order valence-corrected chi connectivity index (χ4v) is 2.79. The van der Waals surface area contributed by atoms with Crippen molar-refractivity contribution in [2.75, 3.05) is 7.05 Å². The molecule has 2 aromatic carbocycles. The van der Waals surface area contributed by atoms with Crippen molar-refractivity contribution in [1.82, 2.24) is 16.0 Å². The number of aliphatic imine (C=N–C) groups is 1. The molecule has 0 aliphatic heterocycles. The van der Waals surface area contributed by atoms with Crippen LogP contribution in [-0.4, -0.2) is 24.5 Å². The van der Waals surface area contributed by atoms with E-state index in [-0.39, 0.29) is 53.5 Å². The fraction of sp³-hybridized carbons (Fsp3) is 0.364. The number of rotatable bonds is 5. The van der Waals surface area contributed by atoms with Crippen LogP contribution in [0.2, 0.25) is 0 Å². The van der Waals surface area contributed by atoms with Crippen LogP contribution in [0.4, 0.5) is 17.6 Å². The molecule has 0 aromatic heterocycles. The minimum Gasteiger partial charge on any atom is -0.352 e. The van der Waals surface area contributed by atoms with Gasteiger partial charge in [-0.2, -0.15) is 13.2 Å². The summed E-state index contributed by atoms with van der Waals surface area (Å²) in [4.78, 5) is 16.3. The molecular weight excluding hydrogens is 539 g/mol. The van der Waals surface area contributed by atoms with Gasteiger partial charge in [0.2, 0.25) is 0 Å². The summed E-state index contributed by atoms with van der Waals surface area (Å²) in [5, 5.41) is 8.67. The smallest absolute Gasteiger partial charge is 0.352 e. The predicted octanol–water partition coefficient (Wildman–Crippen LogP) is 4.86. The van der Waals surface area contributed by atoms with Crippen LogP contribution >= 0.6 is 24.0 Å². The van der Waals surface area contributed by atoms with Crippen molar-refractivity contribution in [2.45, 2.75) is 45.6 Å². The van der Waals surface area contributed by atoms with E-state index in [1.54, 1.807) is 18.2 Å². The van der Waals surface area contributed by atoms with Crippen LogP contribution in [0, 0.1) is 5.82 Å². The zero-order valence-corrected chi connectivity index (χ0v) is 20.6. The Bertz CT molecular complexity index is 956. The molecular formula is C22H27F4IN4O. The molecule has 10 heteroatoms. The zero-order valence-electron chi connectivity index (χ0n) is 18.2.